The molecule has 2 aromatic rings. The molecule has 0 saturated carbocycles. The standard InChI is InChI=1S/C19H26N4O2/c1-3-15-5-8-17(9-6-15)25-12-4-11-22(2)19(24)16-7-10-18-20-14-21-23(18)13-16/h5-6,8-9,14,16H,3-4,7,10-13H2,1-2H3. The highest BCUT2D eigenvalue weighted by Gasteiger charge is 2.27. The Labute approximate surface area is 148 Å². The molecule has 0 bridgehead atoms. The maximum atomic E-state index is 12.6. The Hall–Kier alpha value is -2.37. The Kier molecular flexibility index (Phi) is 5.68. The lowest BCUT2D eigenvalue weighted by Crippen LogP contribution is -2.38. The van der Waals surface area contributed by atoms with Gasteiger partial charge < -0.3 is 9.64 Å². The fraction of sp³-hybridized carbons (Fsp3) is 0.526. The molecule has 0 N–H and O–H groups in total. The van der Waals surface area contributed by atoms with Gasteiger partial charge in [-0.2, -0.15) is 5.10 Å². The van der Waals surface area contributed by atoms with Crippen LogP contribution in [0.4, 0.5) is 0 Å². The second-order valence-corrected chi connectivity index (χ2v) is 6.55. The Morgan fingerprint density at radius 2 is 2.16 bits per heavy atom. The summed E-state index contributed by atoms with van der Waals surface area (Å²) in [6.07, 6.45) is 5.09. The molecular weight excluding hydrogens is 316 g/mol. The van der Waals surface area contributed by atoms with E-state index in [1.807, 2.05) is 28.8 Å². The fourth-order valence-corrected chi connectivity index (χ4v) is 3.17. The summed E-state index contributed by atoms with van der Waals surface area (Å²) >= 11 is 0. The molecule has 3 rings (SSSR count). The minimum absolute atomic E-state index is 0.00158. The van der Waals surface area contributed by atoms with Crippen molar-refractivity contribution in [2.24, 2.45) is 5.92 Å². The van der Waals surface area contributed by atoms with Crippen molar-refractivity contribution in [2.45, 2.75) is 39.2 Å². The minimum atomic E-state index is 0.00158. The number of benzene rings is 1. The zero-order valence-corrected chi connectivity index (χ0v) is 15.0. The SMILES string of the molecule is CCc1ccc(OCCCN(C)C(=O)C2CCc3ncnn3C2)cc1. The molecule has 6 nitrogen and oxygen atoms in total. The number of amides is 1. The van der Waals surface area contributed by atoms with Crippen molar-refractivity contribution in [1.29, 1.82) is 0 Å². The van der Waals surface area contributed by atoms with E-state index < -0.39 is 0 Å². The number of hydrogen-bond acceptors (Lipinski definition) is 4. The molecule has 1 aliphatic rings. The van der Waals surface area contributed by atoms with Gasteiger partial charge >= 0.3 is 0 Å². The summed E-state index contributed by atoms with van der Waals surface area (Å²) in [7, 11) is 1.87. The number of carbonyl (C=O) groups excluding carboxylic acids is 1. The molecule has 0 saturated heterocycles. The normalized spacial score (nSPS) is 16.3. The van der Waals surface area contributed by atoms with Crippen molar-refractivity contribution in [3.63, 3.8) is 0 Å². The smallest absolute Gasteiger partial charge is 0.227 e. The van der Waals surface area contributed by atoms with E-state index in [1.54, 1.807) is 6.33 Å². The van der Waals surface area contributed by atoms with Gasteiger partial charge in [0.15, 0.2) is 0 Å². The van der Waals surface area contributed by atoms with Gasteiger partial charge in [0, 0.05) is 20.0 Å². The molecule has 1 aliphatic heterocycles. The first-order valence-electron chi connectivity index (χ1n) is 9.00. The number of nitrogens with zero attached hydrogens (tertiary/aromatic N) is 4. The largest absolute Gasteiger partial charge is 0.494 e. The average molecular weight is 342 g/mol. The van der Waals surface area contributed by atoms with Crippen LogP contribution >= 0.6 is 0 Å². The molecule has 0 fully saturated rings. The van der Waals surface area contributed by atoms with Crippen LogP contribution < -0.4 is 4.74 Å². The van der Waals surface area contributed by atoms with Gasteiger partial charge in [-0.05, 0) is 37.0 Å². The third-order valence-electron chi connectivity index (χ3n) is 4.77. The summed E-state index contributed by atoms with van der Waals surface area (Å²) in [5.74, 6) is 2.06. The van der Waals surface area contributed by atoms with Gasteiger partial charge in [-0.1, -0.05) is 19.1 Å². The Balaban J connectivity index is 1.40. The molecule has 1 aromatic carbocycles. The maximum Gasteiger partial charge on any atom is 0.227 e. The molecule has 25 heavy (non-hydrogen) atoms. The van der Waals surface area contributed by atoms with E-state index >= 15 is 0 Å². The van der Waals surface area contributed by atoms with Crippen molar-refractivity contribution < 1.29 is 9.53 Å². The van der Waals surface area contributed by atoms with E-state index in [2.05, 4.69) is 29.1 Å². The number of hydrogen-bond donors (Lipinski definition) is 0. The highest BCUT2D eigenvalue weighted by molar-refractivity contribution is 5.78. The van der Waals surface area contributed by atoms with Gasteiger partial charge in [-0.3, -0.25) is 4.79 Å². The number of fused-ring (bicyclic) bond motifs is 1. The van der Waals surface area contributed by atoms with Crippen LogP contribution in [0.3, 0.4) is 0 Å². The van der Waals surface area contributed by atoms with Gasteiger partial charge in [0.05, 0.1) is 19.1 Å². The van der Waals surface area contributed by atoms with Crippen molar-refractivity contribution in [1.82, 2.24) is 19.7 Å². The van der Waals surface area contributed by atoms with E-state index in [0.717, 1.165) is 37.3 Å². The second kappa shape index (κ2) is 8.14. The summed E-state index contributed by atoms with van der Waals surface area (Å²) in [4.78, 5) is 18.6. The summed E-state index contributed by atoms with van der Waals surface area (Å²) in [6, 6.07) is 8.19. The van der Waals surface area contributed by atoms with Crippen LogP contribution in [-0.2, 0) is 24.2 Å². The molecule has 1 unspecified atom stereocenters. The fourth-order valence-electron chi connectivity index (χ4n) is 3.17. The van der Waals surface area contributed by atoms with Gasteiger partial charge in [0.2, 0.25) is 5.91 Å². The molecular formula is C19H26N4O2. The van der Waals surface area contributed by atoms with E-state index in [-0.39, 0.29) is 11.8 Å². The first-order chi connectivity index (χ1) is 12.2. The predicted octanol–water partition coefficient (Wildman–Crippen LogP) is 2.33. The van der Waals surface area contributed by atoms with E-state index in [0.29, 0.717) is 19.7 Å². The summed E-state index contributed by atoms with van der Waals surface area (Å²) in [6.45, 7) is 4.09. The third kappa shape index (κ3) is 4.38. The molecule has 0 aliphatic carbocycles. The van der Waals surface area contributed by atoms with Crippen molar-refractivity contribution >= 4 is 5.91 Å². The van der Waals surface area contributed by atoms with E-state index in [9.17, 15) is 4.79 Å². The first kappa shape index (κ1) is 17.5. The maximum absolute atomic E-state index is 12.6. The monoisotopic (exact) mass is 342 g/mol. The number of aryl methyl sites for hydroxylation is 2. The summed E-state index contributed by atoms with van der Waals surface area (Å²) < 4.78 is 7.61. The van der Waals surface area contributed by atoms with Crippen LogP contribution in [0.1, 0.15) is 31.2 Å². The zero-order chi connectivity index (χ0) is 17.6. The number of carbonyl (C=O) groups is 1. The molecule has 0 spiro atoms. The lowest BCUT2D eigenvalue weighted by Gasteiger charge is -2.26. The van der Waals surface area contributed by atoms with Crippen LogP contribution in [0.25, 0.3) is 0 Å². The van der Waals surface area contributed by atoms with Gasteiger partial charge in [0.1, 0.15) is 17.9 Å². The lowest BCUT2D eigenvalue weighted by molar-refractivity contribution is -0.135. The van der Waals surface area contributed by atoms with Crippen molar-refractivity contribution in [2.75, 3.05) is 20.2 Å². The van der Waals surface area contributed by atoms with Crippen LogP contribution in [0.5, 0.6) is 5.75 Å². The summed E-state index contributed by atoms with van der Waals surface area (Å²) in [5, 5.41) is 4.18. The van der Waals surface area contributed by atoms with E-state index in [1.165, 1.54) is 5.56 Å². The molecule has 1 amide bonds. The quantitative estimate of drug-likeness (QED) is 0.725. The van der Waals surface area contributed by atoms with Gasteiger partial charge in [-0.25, -0.2) is 9.67 Å². The molecule has 1 aromatic heterocycles. The Morgan fingerprint density at radius 3 is 2.92 bits per heavy atom. The molecule has 6 heteroatoms. The topological polar surface area (TPSA) is 60.2 Å². The molecule has 134 valence electrons. The third-order valence-corrected chi connectivity index (χ3v) is 4.77. The zero-order valence-electron chi connectivity index (χ0n) is 15.0. The molecule has 0 radical (unpaired) electrons. The summed E-state index contributed by atoms with van der Waals surface area (Å²) in [5.41, 5.74) is 1.31. The highest BCUT2D eigenvalue weighted by atomic mass is 16.5. The average Bonchev–Trinajstić information content (AvgIpc) is 3.12. The first-order valence-corrected chi connectivity index (χ1v) is 9.00. The van der Waals surface area contributed by atoms with Crippen molar-refractivity contribution in [3.8, 4) is 5.75 Å². The van der Waals surface area contributed by atoms with Crippen molar-refractivity contribution in [3.05, 3.63) is 42.0 Å². The molecule has 2 heterocycles. The van der Waals surface area contributed by atoms with Crippen LogP contribution in [0.2, 0.25) is 0 Å². The van der Waals surface area contributed by atoms with Gasteiger partial charge in [0.25, 0.3) is 0 Å². The van der Waals surface area contributed by atoms with Crippen LogP contribution in [-0.4, -0.2) is 45.8 Å². The Bertz CT molecular complexity index is 696. The Morgan fingerprint density at radius 1 is 1.36 bits per heavy atom. The predicted molar refractivity (Wildman–Crippen MR) is 95.4 cm³/mol. The molecule has 1 atom stereocenters. The second-order valence-electron chi connectivity index (χ2n) is 6.55. The lowest BCUT2D eigenvalue weighted by atomic mass is 9.98. The van der Waals surface area contributed by atoms with Crippen LogP contribution in [0, 0.1) is 5.92 Å². The number of ether oxygens (including phenoxy) is 1. The van der Waals surface area contributed by atoms with Gasteiger partial charge in [-0.15, -0.1) is 0 Å². The van der Waals surface area contributed by atoms with Crippen LogP contribution in [0.15, 0.2) is 30.6 Å². The van der Waals surface area contributed by atoms with E-state index in [4.69, 9.17) is 4.74 Å². The number of aromatic nitrogens is 3. The minimum Gasteiger partial charge on any atom is -0.494 e. The highest BCUT2D eigenvalue weighted by Crippen LogP contribution is 2.19. The number of rotatable bonds is 7.